The van der Waals surface area contributed by atoms with E-state index in [1.54, 1.807) is 0 Å². The zero-order chi connectivity index (χ0) is 36.7. The smallest absolute Gasteiger partial charge is 0.342 e. The normalized spacial score (nSPS) is 11.1. The number of hydrogen-bond acceptors (Lipinski definition) is 4. The van der Waals surface area contributed by atoms with Gasteiger partial charge in [-0.25, -0.2) is 4.79 Å². The van der Waals surface area contributed by atoms with Gasteiger partial charge in [-0.2, -0.15) is 5.26 Å². The lowest BCUT2D eigenvalue weighted by Crippen LogP contribution is -1.99. The molecule has 0 fully saturated rings. The van der Waals surface area contributed by atoms with Crippen LogP contribution in [0.2, 0.25) is 0 Å². The molecule has 0 atom stereocenters. The van der Waals surface area contributed by atoms with E-state index in [-0.39, 0.29) is 0 Å². The third-order valence-electron chi connectivity index (χ3n) is 10.6. The molecule has 0 heterocycles. The summed E-state index contributed by atoms with van der Waals surface area (Å²) in [6, 6.07) is 0. The molecule has 2 N–H and O–H groups in total. The summed E-state index contributed by atoms with van der Waals surface area (Å²) < 4.78 is 0. The molecular weight excluding hydrogens is 617 g/mol. The fourth-order valence-corrected chi connectivity index (χ4v) is 7.11. The zero-order valence-electron chi connectivity index (χ0n) is 34.6. The maximum absolute atomic E-state index is 10.7. The van der Waals surface area contributed by atoms with Crippen LogP contribution in [0.25, 0.3) is 0 Å². The molecule has 0 bridgehead atoms. The number of rotatable bonds is 42. The summed E-state index contributed by atoms with van der Waals surface area (Å²) in [4.78, 5) is 14.3. The first-order valence-corrected chi connectivity index (χ1v) is 23.2. The molecule has 0 saturated carbocycles. The molecule has 50 heavy (non-hydrogen) atoms. The lowest BCUT2D eigenvalue weighted by molar-refractivity contribution is -0.234. The lowest BCUT2D eigenvalue weighted by Gasteiger charge is -2.04. The van der Waals surface area contributed by atoms with Crippen LogP contribution in [0.1, 0.15) is 284 Å². The number of unbranched alkanes of at least 4 members (excludes halogenated alkanes) is 39. The fourth-order valence-electron chi connectivity index (χ4n) is 7.11. The fraction of sp³-hybridized carbons (Fsp3) is 0.978. The molecule has 0 aromatic heterocycles. The van der Waals surface area contributed by atoms with Crippen molar-refractivity contribution in [2.75, 3.05) is 6.61 Å². The van der Waals surface area contributed by atoms with E-state index >= 15 is 0 Å². The summed E-state index contributed by atoms with van der Waals surface area (Å²) >= 11 is 0. The van der Waals surface area contributed by atoms with Crippen LogP contribution in [0.15, 0.2) is 0 Å². The first kappa shape index (κ1) is 51.5. The number of carbonyl (C=O) groups excluding carboxylic acids is 1. The molecule has 0 amide bonds. The molecule has 0 aromatic carbocycles. The van der Waals surface area contributed by atoms with Gasteiger partial charge < -0.3 is 9.99 Å². The van der Waals surface area contributed by atoms with E-state index in [0.717, 1.165) is 19.3 Å². The molecule has 302 valence electrons. The lowest BCUT2D eigenvalue weighted by atomic mass is 10.0. The van der Waals surface area contributed by atoms with Gasteiger partial charge in [0, 0.05) is 13.0 Å². The molecule has 0 spiro atoms. The predicted octanol–water partition coefficient (Wildman–Crippen LogP) is 16.4. The van der Waals surface area contributed by atoms with E-state index in [1.807, 2.05) is 0 Å². The van der Waals surface area contributed by atoms with E-state index in [4.69, 9.17) is 10.4 Å². The monoisotopic (exact) mass is 711 g/mol. The van der Waals surface area contributed by atoms with Gasteiger partial charge in [-0.15, -0.1) is 0 Å². The van der Waals surface area contributed by atoms with Crippen LogP contribution in [0, 0.1) is 0 Å². The molecule has 0 rings (SSSR count). The Balaban J connectivity index is 0. The molecule has 0 aliphatic rings. The van der Waals surface area contributed by atoms with Crippen LogP contribution < -0.4 is 0 Å². The van der Waals surface area contributed by atoms with Crippen LogP contribution in [0.5, 0.6) is 0 Å². The SMILES string of the molecule is CCCCCCCCCCCCCCCCCC(=O)OO.CCCCCCCCCCCCCCCCCCCCCCCCCCCCO. The van der Waals surface area contributed by atoms with Crippen molar-refractivity contribution in [2.45, 2.75) is 284 Å². The molecule has 4 heteroatoms. The van der Waals surface area contributed by atoms with E-state index in [2.05, 4.69) is 18.7 Å². The highest BCUT2D eigenvalue weighted by molar-refractivity contribution is 5.68. The standard InChI is InChI=1S/C28H58O.C18H36O3/c1-2-3-4-5-6-7-8-9-10-11-12-13-14-15-16-17-18-19-20-21-22-23-24-25-26-27-28-29;1-2-3-4-5-6-7-8-9-10-11-12-13-14-15-16-17-18(19)21-20/h29H,2-28H2,1H3;20H,2-17H2,1H3. The number of carbonyl (C=O) groups is 1. The van der Waals surface area contributed by atoms with Gasteiger partial charge in [0.15, 0.2) is 0 Å². The van der Waals surface area contributed by atoms with E-state index < -0.39 is 5.97 Å². The Morgan fingerprint density at radius 1 is 0.320 bits per heavy atom. The first-order valence-electron chi connectivity index (χ1n) is 23.2. The number of aliphatic hydroxyl groups is 1. The molecular formula is C46H94O4. The second-order valence-corrected chi connectivity index (χ2v) is 15.7. The maximum Gasteiger partial charge on any atom is 0.342 e. The minimum absolute atomic E-state index is 0.342. The van der Waals surface area contributed by atoms with Crippen LogP contribution >= 0.6 is 0 Å². The van der Waals surface area contributed by atoms with Gasteiger partial charge in [-0.05, 0) is 12.8 Å². The highest BCUT2D eigenvalue weighted by Gasteiger charge is 2.01. The Hall–Kier alpha value is -0.610. The summed E-state index contributed by atoms with van der Waals surface area (Å²) in [5.74, 6) is -0.510. The average molecular weight is 711 g/mol. The van der Waals surface area contributed by atoms with Crippen molar-refractivity contribution in [3.8, 4) is 0 Å². The van der Waals surface area contributed by atoms with E-state index in [1.165, 1.54) is 244 Å². The molecule has 4 nitrogen and oxygen atoms in total. The Labute approximate surface area is 315 Å². The third kappa shape index (κ3) is 51.8. The minimum Gasteiger partial charge on any atom is -0.396 e. The van der Waals surface area contributed by atoms with Crippen LogP contribution in [0.3, 0.4) is 0 Å². The van der Waals surface area contributed by atoms with Gasteiger partial charge in [0.25, 0.3) is 0 Å². The van der Waals surface area contributed by atoms with Gasteiger partial charge in [0.1, 0.15) is 0 Å². The maximum atomic E-state index is 10.7. The average Bonchev–Trinajstić information content (AvgIpc) is 3.13. The third-order valence-corrected chi connectivity index (χ3v) is 10.6. The zero-order valence-corrected chi connectivity index (χ0v) is 34.6. The summed E-state index contributed by atoms with van der Waals surface area (Å²) in [5.41, 5.74) is 0. The molecule has 0 saturated heterocycles. The van der Waals surface area contributed by atoms with Crippen LogP contribution in [0.4, 0.5) is 0 Å². The van der Waals surface area contributed by atoms with Crippen molar-refractivity contribution >= 4 is 5.97 Å². The van der Waals surface area contributed by atoms with Crippen LogP contribution in [-0.4, -0.2) is 22.9 Å². The van der Waals surface area contributed by atoms with Gasteiger partial charge in [-0.3, -0.25) is 0 Å². The van der Waals surface area contributed by atoms with Gasteiger partial charge in [0.05, 0.1) is 0 Å². The van der Waals surface area contributed by atoms with Crippen LogP contribution in [-0.2, 0) is 9.68 Å². The van der Waals surface area contributed by atoms with Gasteiger partial charge in [-0.1, -0.05) is 264 Å². The second-order valence-electron chi connectivity index (χ2n) is 15.7. The first-order chi connectivity index (χ1) is 24.7. The largest absolute Gasteiger partial charge is 0.396 e. The summed E-state index contributed by atoms with van der Waals surface area (Å²) in [5, 5.41) is 16.8. The molecule has 0 unspecified atom stereocenters. The van der Waals surface area contributed by atoms with Crippen molar-refractivity contribution in [1.82, 2.24) is 0 Å². The second kappa shape index (κ2) is 50.5. The topological polar surface area (TPSA) is 66.8 Å². The number of hydrogen-bond donors (Lipinski definition) is 2. The Kier molecular flexibility index (Phi) is 52.0. The summed E-state index contributed by atoms with van der Waals surface area (Å²) in [6.45, 7) is 4.94. The molecule has 0 aromatic rings. The molecule has 0 aliphatic carbocycles. The quantitative estimate of drug-likeness (QED) is 0.0376. The Morgan fingerprint density at radius 3 is 0.680 bits per heavy atom. The predicted molar refractivity (Wildman–Crippen MR) is 221 cm³/mol. The van der Waals surface area contributed by atoms with Crippen molar-refractivity contribution in [1.29, 1.82) is 0 Å². The number of aliphatic hydroxyl groups excluding tert-OH is 1. The highest BCUT2D eigenvalue weighted by atomic mass is 17.1. The van der Waals surface area contributed by atoms with E-state index in [9.17, 15) is 4.79 Å². The molecule has 0 aliphatic heterocycles. The minimum atomic E-state index is -0.510. The van der Waals surface area contributed by atoms with Crippen molar-refractivity contribution in [2.24, 2.45) is 0 Å². The summed E-state index contributed by atoms with van der Waals surface area (Å²) in [6.07, 6.45) is 57.1. The van der Waals surface area contributed by atoms with Gasteiger partial charge >= 0.3 is 5.97 Å². The highest BCUT2D eigenvalue weighted by Crippen LogP contribution is 2.17. The summed E-state index contributed by atoms with van der Waals surface area (Å²) in [7, 11) is 0. The Morgan fingerprint density at radius 2 is 0.500 bits per heavy atom. The van der Waals surface area contributed by atoms with E-state index in [0.29, 0.717) is 13.0 Å². The van der Waals surface area contributed by atoms with Crippen molar-refractivity contribution in [3.63, 3.8) is 0 Å². The van der Waals surface area contributed by atoms with Crippen molar-refractivity contribution in [3.05, 3.63) is 0 Å². The van der Waals surface area contributed by atoms with Crippen molar-refractivity contribution < 1.29 is 20.0 Å². The Bertz CT molecular complexity index is 554. The van der Waals surface area contributed by atoms with Gasteiger partial charge in [0.2, 0.25) is 0 Å². The molecule has 0 radical (unpaired) electrons.